The number of aromatic hydroxyl groups is 1. The van der Waals surface area contributed by atoms with Gasteiger partial charge in [0.15, 0.2) is 11.6 Å². The lowest BCUT2D eigenvalue weighted by Gasteiger charge is -2.20. The van der Waals surface area contributed by atoms with Crippen LogP contribution in [0.3, 0.4) is 0 Å². The van der Waals surface area contributed by atoms with E-state index in [1.165, 1.54) is 36.4 Å². The Hall–Kier alpha value is -3.48. The van der Waals surface area contributed by atoms with Gasteiger partial charge in [0.05, 0.1) is 11.1 Å². The van der Waals surface area contributed by atoms with Crippen LogP contribution in [0.5, 0.6) is 5.75 Å². The molecule has 0 spiro atoms. The molecule has 24 heavy (non-hydrogen) atoms. The van der Waals surface area contributed by atoms with E-state index >= 15 is 0 Å². The highest BCUT2D eigenvalue weighted by Gasteiger charge is 2.34. The van der Waals surface area contributed by atoms with Crippen molar-refractivity contribution in [3.63, 3.8) is 0 Å². The van der Waals surface area contributed by atoms with E-state index in [-0.39, 0.29) is 33.6 Å². The normalized spacial score (nSPS) is 12.3. The summed E-state index contributed by atoms with van der Waals surface area (Å²) in [4.78, 5) is 48.0. The van der Waals surface area contributed by atoms with Crippen LogP contribution >= 0.6 is 0 Å². The molecule has 3 N–H and O–H groups in total. The van der Waals surface area contributed by atoms with Crippen LogP contribution < -0.4 is 5.32 Å². The van der Waals surface area contributed by atoms with Gasteiger partial charge in [-0.25, -0.2) is 0 Å². The summed E-state index contributed by atoms with van der Waals surface area (Å²) in [6, 6.07) is 8.28. The summed E-state index contributed by atoms with van der Waals surface area (Å²) < 4.78 is 0. The maximum atomic E-state index is 12.7. The number of carbonyl (C=O) groups excluding carboxylic acids is 3. The summed E-state index contributed by atoms with van der Waals surface area (Å²) in [5, 5.41) is 20.7. The van der Waals surface area contributed by atoms with Crippen LogP contribution in [-0.4, -0.2) is 40.2 Å². The van der Waals surface area contributed by atoms with Crippen molar-refractivity contribution >= 4 is 23.4 Å². The molecular weight excluding hydrogens is 314 g/mol. The minimum Gasteiger partial charge on any atom is -0.507 e. The highest BCUT2D eigenvalue weighted by atomic mass is 16.4. The van der Waals surface area contributed by atoms with Crippen LogP contribution in [-0.2, 0) is 4.79 Å². The molecule has 0 bridgehead atoms. The summed E-state index contributed by atoms with van der Waals surface area (Å²) in [6.45, 7) is -0.609. The molecule has 0 saturated carbocycles. The minimum absolute atomic E-state index is 0.00280. The van der Waals surface area contributed by atoms with E-state index in [1.807, 2.05) is 0 Å². The quantitative estimate of drug-likeness (QED) is 0.660. The predicted molar refractivity (Wildman–Crippen MR) is 81.4 cm³/mol. The molecule has 1 aliphatic rings. The molecule has 0 heterocycles. The Labute approximate surface area is 135 Å². The number of carboxylic acids is 1. The van der Waals surface area contributed by atoms with Gasteiger partial charge in [-0.05, 0) is 12.1 Å². The molecule has 3 rings (SSSR count). The smallest absolute Gasteiger partial charge is 0.322 e. The van der Waals surface area contributed by atoms with E-state index in [0.717, 1.165) is 0 Å². The monoisotopic (exact) mass is 325 g/mol. The zero-order valence-corrected chi connectivity index (χ0v) is 12.2. The molecule has 1 aliphatic carbocycles. The van der Waals surface area contributed by atoms with Crippen LogP contribution in [0, 0.1) is 0 Å². The third-order valence-corrected chi connectivity index (χ3v) is 3.70. The number of fused-ring (bicyclic) bond motifs is 2. The van der Waals surface area contributed by atoms with Crippen LogP contribution in [0.1, 0.15) is 42.2 Å². The number of phenolic OH excluding ortho intramolecular Hbond substituents is 1. The number of hydrogen-bond acceptors (Lipinski definition) is 5. The highest BCUT2D eigenvalue weighted by Crippen LogP contribution is 2.33. The van der Waals surface area contributed by atoms with Crippen molar-refractivity contribution < 1.29 is 29.4 Å². The van der Waals surface area contributed by atoms with Gasteiger partial charge in [0.2, 0.25) is 0 Å². The van der Waals surface area contributed by atoms with E-state index in [4.69, 9.17) is 5.11 Å². The standard InChI is InChI=1S/C17H11NO6/c19-11-6-2-4-9-14(11)16(23)8-3-1-5-10(13(8)15(9)22)17(24)18-7-12(20)21/h1-6,19H,7H2,(H,18,24)(H,20,21). The molecule has 0 unspecified atom stereocenters. The molecule has 2 aromatic carbocycles. The first-order valence-corrected chi connectivity index (χ1v) is 6.96. The van der Waals surface area contributed by atoms with Gasteiger partial charge < -0.3 is 15.5 Å². The van der Waals surface area contributed by atoms with Gasteiger partial charge in [0.1, 0.15) is 12.3 Å². The number of nitrogens with one attached hydrogen (secondary N) is 1. The number of benzene rings is 2. The molecule has 0 fully saturated rings. The van der Waals surface area contributed by atoms with Crippen molar-refractivity contribution in [2.24, 2.45) is 0 Å². The third kappa shape index (κ3) is 2.32. The summed E-state index contributed by atoms with van der Waals surface area (Å²) in [5.41, 5.74) is -0.273. The van der Waals surface area contributed by atoms with Crippen molar-refractivity contribution in [1.82, 2.24) is 5.32 Å². The SMILES string of the molecule is O=C(O)CNC(=O)c1cccc2c1C(=O)c1cccc(O)c1C2=O. The average molecular weight is 325 g/mol. The maximum Gasteiger partial charge on any atom is 0.322 e. The van der Waals surface area contributed by atoms with Crippen molar-refractivity contribution in [3.8, 4) is 5.75 Å². The van der Waals surface area contributed by atoms with Gasteiger partial charge >= 0.3 is 5.97 Å². The van der Waals surface area contributed by atoms with E-state index in [1.54, 1.807) is 0 Å². The number of amides is 1. The summed E-state index contributed by atoms with van der Waals surface area (Å²) in [5.74, 6) is -3.44. The Kier molecular flexibility index (Phi) is 3.61. The predicted octanol–water partition coefficient (Wildman–Crippen LogP) is 0.982. The molecular formula is C17H11NO6. The number of hydrogen-bond donors (Lipinski definition) is 3. The van der Waals surface area contributed by atoms with E-state index in [2.05, 4.69) is 5.32 Å². The van der Waals surface area contributed by atoms with Gasteiger partial charge in [0, 0.05) is 16.7 Å². The maximum absolute atomic E-state index is 12.7. The van der Waals surface area contributed by atoms with Crippen molar-refractivity contribution in [2.75, 3.05) is 6.54 Å². The molecule has 120 valence electrons. The number of carbonyl (C=O) groups is 4. The zero-order valence-electron chi connectivity index (χ0n) is 12.2. The first-order chi connectivity index (χ1) is 11.4. The average Bonchev–Trinajstić information content (AvgIpc) is 2.56. The molecule has 7 nitrogen and oxygen atoms in total. The fourth-order valence-electron chi connectivity index (χ4n) is 2.66. The van der Waals surface area contributed by atoms with E-state index in [0.29, 0.717) is 0 Å². The number of carboxylic acid groups (broad SMARTS) is 1. The van der Waals surface area contributed by atoms with Gasteiger partial charge in [0.25, 0.3) is 5.91 Å². The van der Waals surface area contributed by atoms with Crippen molar-refractivity contribution in [1.29, 1.82) is 0 Å². The van der Waals surface area contributed by atoms with Gasteiger partial charge in [-0.15, -0.1) is 0 Å². The Bertz CT molecular complexity index is 915. The Morgan fingerprint density at radius 2 is 1.50 bits per heavy atom. The second-order valence-corrected chi connectivity index (χ2v) is 5.16. The van der Waals surface area contributed by atoms with Crippen LogP contribution in [0.15, 0.2) is 36.4 Å². The minimum atomic E-state index is -1.23. The van der Waals surface area contributed by atoms with Crippen LogP contribution in [0.25, 0.3) is 0 Å². The second kappa shape index (κ2) is 5.62. The summed E-state index contributed by atoms with van der Waals surface area (Å²) in [7, 11) is 0. The molecule has 1 amide bonds. The number of ketones is 2. The molecule has 0 saturated heterocycles. The van der Waals surface area contributed by atoms with Crippen LogP contribution in [0.4, 0.5) is 0 Å². The van der Waals surface area contributed by atoms with E-state index in [9.17, 15) is 24.3 Å². The van der Waals surface area contributed by atoms with Gasteiger partial charge in [-0.3, -0.25) is 19.2 Å². The number of rotatable bonds is 3. The first kappa shape index (κ1) is 15.4. The van der Waals surface area contributed by atoms with Crippen molar-refractivity contribution in [3.05, 3.63) is 64.2 Å². The largest absolute Gasteiger partial charge is 0.507 e. The molecule has 0 aliphatic heterocycles. The fraction of sp³-hybridized carbons (Fsp3) is 0.0588. The van der Waals surface area contributed by atoms with E-state index < -0.39 is 30.0 Å². The molecule has 0 atom stereocenters. The van der Waals surface area contributed by atoms with Crippen LogP contribution in [0.2, 0.25) is 0 Å². The van der Waals surface area contributed by atoms with Crippen molar-refractivity contribution in [2.45, 2.75) is 0 Å². The summed E-state index contributed by atoms with van der Waals surface area (Å²) in [6.07, 6.45) is 0. The second-order valence-electron chi connectivity index (χ2n) is 5.16. The molecule has 7 heteroatoms. The highest BCUT2D eigenvalue weighted by molar-refractivity contribution is 6.31. The Morgan fingerprint density at radius 3 is 2.17 bits per heavy atom. The third-order valence-electron chi connectivity index (χ3n) is 3.70. The van der Waals surface area contributed by atoms with Gasteiger partial charge in [-0.2, -0.15) is 0 Å². The number of phenols is 1. The molecule has 0 radical (unpaired) electrons. The zero-order chi connectivity index (χ0) is 17.4. The Balaban J connectivity index is 2.14. The lowest BCUT2D eigenvalue weighted by molar-refractivity contribution is -0.135. The van der Waals surface area contributed by atoms with Gasteiger partial charge in [-0.1, -0.05) is 24.3 Å². The molecule has 0 aromatic heterocycles. The first-order valence-electron chi connectivity index (χ1n) is 6.96. The summed E-state index contributed by atoms with van der Waals surface area (Å²) >= 11 is 0. The topological polar surface area (TPSA) is 121 Å². The number of aliphatic carboxylic acids is 1. The molecule has 2 aromatic rings. The Morgan fingerprint density at radius 1 is 0.917 bits per heavy atom. The fourth-order valence-corrected chi connectivity index (χ4v) is 2.66. The lowest BCUT2D eigenvalue weighted by atomic mass is 9.81. The lowest BCUT2D eigenvalue weighted by Crippen LogP contribution is -2.32.